The quantitative estimate of drug-likeness (QED) is 0.485. The van der Waals surface area contributed by atoms with Crippen LogP contribution < -0.4 is 35.1 Å². The second-order valence-electron chi connectivity index (χ2n) is 6.49. The third-order valence-corrected chi connectivity index (χ3v) is 6.24. The molecule has 162 valence electrons. The number of ether oxygens (including phenoxy) is 3. The van der Waals surface area contributed by atoms with E-state index in [4.69, 9.17) is 14.2 Å². The normalized spacial score (nSPS) is 18.5. The lowest BCUT2D eigenvalue weighted by atomic mass is 10.1. The van der Waals surface area contributed by atoms with E-state index < -0.39 is 27.2 Å². The summed E-state index contributed by atoms with van der Waals surface area (Å²) in [5, 5.41) is 1.56. The summed E-state index contributed by atoms with van der Waals surface area (Å²) in [6.45, 7) is 0.146. The van der Waals surface area contributed by atoms with Crippen molar-refractivity contribution in [1.29, 1.82) is 0 Å². The molecule has 0 saturated carbocycles. The maximum absolute atomic E-state index is 12.8. The van der Waals surface area contributed by atoms with Gasteiger partial charge in [-0.25, -0.2) is 13.8 Å². The van der Waals surface area contributed by atoms with Crippen LogP contribution in [0.25, 0.3) is 0 Å². The van der Waals surface area contributed by atoms with Gasteiger partial charge in [-0.2, -0.15) is 0 Å². The van der Waals surface area contributed by atoms with Gasteiger partial charge in [0.2, 0.25) is 5.91 Å². The zero-order valence-corrected chi connectivity index (χ0v) is 17.6. The molecule has 1 saturated heterocycles. The van der Waals surface area contributed by atoms with Gasteiger partial charge < -0.3 is 19.5 Å². The Morgan fingerprint density at radius 2 is 1.63 bits per heavy atom. The number of nitrogens with one attached hydrogen (secondary N) is 4. The standard InChI is InChI=1S/C19H24N4O6S/c1-27-14-7-4-12(5-8-14)23-30(25,26)19-15(11-20-22-19)18(24)21-13-6-9-16(28-2)17(10-13)29-3/h4-10,15,19-20,22-23H,11H2,1-3H3,(H,21,24). The van der Waals surface area contributed by atoms with E-state index in [1.807, 2.05) is 0 Å². The van der Waals surface area contributed by atoms with Gasteiger partial charge in [0.05, 0.1) is 27.2 Å². The van der Waals surface area contributed by atoms with E-state index in [1.54, 1.807) is 42.5 Å². The minimum atomic E-state index is -3.91. The van der Waals surface area contributed by atoms with Crippen molar-refractivity contribution in [1.82, 2.24) is 10.9 Å². The largest absolute Gasteiger partial charge is 0.497 e. The fourth-order valence-electron chi connectivity index (χ4n) is 3.04. The molecule has 10 nitrogen and oxygen atoms in total. The van der Waals surface area contributed by atoms with Gasteiger partial charge in [-0.3, -0.25) is 14.9 Å². The SMILES string of the molecule is COc1ccc(NS(=O)(=O)C2NNCC2C(=O)Nc2ccc(OC)c(OC)c2)cc1. The molecule has 0 aromatic heterocycles. The number of carbonyl (C=O) groups excluding carboxylic acids is 1. The molecule has 2 aromatic rings. The Balaban J connectivity index is 1.73. The molecule has 2 atom stereocenters. The number of rotatable bonds is 8. The smallest absolute Gasteiger partial charge is 0.250 e. The van der Waals surface area contributed by atoms with Gasteiger partial charge in [-0.05, 0) is 36.4 Å². The van der Waals surface area contributed by atoms with E-state index in [0.29, 0.717) is 28.6 Å². The number of anilines is 2. The summed E-state index contributed by atoms with van der Waals surface area (Å²) in [4.78, 5) is 12.8. The van der Waals surface area contributed by atoms with Crippen LogP contribution in [0.4, 0.5) is 11.4 Å². The van der Waals surface area contributed by atoms with Crippen LogP contribution in [-0.2, 0) is 14.8 Å². The van der Waals surface area contributed by atoms with Crippen molar-refractivity contribution >= 4 is 27.3 Å². The number of hydrogen-bond acceptors (Lipinski definition) is 8. The number of hydrogen-bond donors (Lipinski definition) is 4. The molecule has 2 aromatic carbocycles. The summed E-state index contributed by atoms with van der Waals surface area (Å²) < 4.78 is 43.7. The van der Waals surface area contributed by atoms with Gasteiger partial charge in [-0.1, -0.05) is 0 Å². The van der Waals surface area contributed by atoms with Crippen LogP contribution in [0.1, 0.15) is 0 Å². The summed E-state index contributed by atoms with van der Waals surface area (Å²) in [5.74, 6) is 0.247. The highest BCUT2D eigenvalue weighted by Gasteiger charge is 2.42. The average Bonchev–Trinajstić information content (AvgIpc) is 3.25. The van der Waals surface area contributed by atoms with Crippen molar-refractivity contribution < 1.29 is 27.4 Å². The van der Waals surface area contributed by atoms with Crippen LogP contribution in [0.3, 0.4) is 0 Å². The monoisotopic (exact) mass is 436 g/mol. The molecule has 0 radical (unpaired) electrons. The van der Waals surface area contributed by atoms with Crippen molar-refractivity contribution in [2.45, 2.75) is 5.37 Å². The lowest BCUT2D eigenvalue weighted by Gasteiger charge is -2.20. The van der Waals surface area contributed by atoms with E-state index >= 15 is 0 Å². The molecule has 3 rings (SSSR count). The molecule has 1 aliphatic rings. The van der Waals surface area contributed by atoms with Gasteiger partial charge in [0, 0.05) is 24.0 Å². The molecule has 4 N–H and O–H groups in total. The number of hydrazine groups is 1. The van der Waals surface area contributed by atoms with Crippen LogP contribution in [0.15, 0.2) is 42.5 Å². The second kappa shape index (κ2) is 9.20. The zero-order valence-electron chi connectivity index (χ0n) is 16.8. The predicted molar refractivity (Wildman–Crippen MR) is 112 cm³/mol. The minimum Gasteiger partial charge on any atom is -0.497 e. The van der Waals surface area contributed by atoms with E-state index in [0.717, 1.165) is 0 Å². The Labute approximate surface area is 174 Å². The number of carbonyl (C=O) groups is 1. The average molecular weight is 436 g/mol. The van der Waals surface area contributed by atoms with Crippen LogP contribution in [0.2, 0.25) is 0 Å². The van der Waals surface area contributed by atoms with Gasteiger partial charge in [-0.15, -0.1) is 0 Å². The van der Waals surface area contributed by atoms with E-state index in [-0.39, 0.29) is 6.54 Å². The molecule has 1 aliphatic heterocycles. The van der Waals surface area contributed by atoms with Crippen molar-refractivity contribution in [3.8, 4) is 17.2 Å². The number of benzene rings is 2. The van der Waals surface area contributed by atoms with Crippen molar-refractivity contribution in [2.75, 3.05) is 37.9 Å². The fourth-order valence-corrected chi connectivity index (χ4v) is 4.52. The Hall–Kier alpha value is -3.02. The van der Waals surface area contributed by atoms with Crippen LogP contribution in [0, 0.1) is 5.92 Å². The Morgan fingerprint density at radius 3 is 2.27 bits per heavy atom. The summed E-state index contributed by atoms with van der Waals surface area (Å²) in [6.07, 6.45) is 0. The maximum atomic E-state index is 12.8. The zero-order chi connectivity index (χ0) is 21.7. The highest BCUT2D eigenvalue weighted by molar-refractivity contribution is 7.93. The van der Waals surface area contributed by atoms with E-state index in [1.165, 1.54) is 21.3 Å². The first-order valence-corrected chi connectivity index (χ1v) is 10.6. The highest BCUT2D eigenvalue weighted by atomic mass is 32.2. The Kier molecular flexibility index (Phi) is 6.65. The fraction of sp³-hybridized carbons (Fsp3) is 0.316. The topological polar surface area (TPSA) is 127 Å². The third kappa shape index (κ3) is 4.75. The minimum absolute atomic E-state index is 0.146. The molecular formula is C19H24N4O6S. The van der Waals surface area contributed by atoms with Gasteiger partial charge in [0.1, 0.15) is 5.75 Å². The van der Waals surface area contributed by atoms with Crippen molar-refractivity contribution in [2.24, 2.45) is 5.92 Å². The van der Waals surface area contributed by atoms with Gasteiger partial charge in [0.15, 0.2) is 16.9 Å². The summed E-state index contributed by atoms with van der Waals surface area (Å²) in [6, 6.07) is 11.3. The molecule has 0 spiro atoms. The first-order chi connectivity index (χ1) is 14.4. The molecule has 2 unspecified atom stereocenters. The first kappa shape index (κ1) is 21.7. The van der Waals surface area contributed by atoms with Crippen LogP contribution >= 0.6 is 0 Å². The number of amides is 1. The number of methoxy groups -OCH3 is 3. The van der Waals surface area contributed by atoms with Crippen molar-refractivity contribution in [3.05, 3.63) is 42.5 Å². The van der Waals surface area contributed by atoms with E-state index in [2.05, 4.69) is 20.9 Å². The molecule has 11 heteroatoms. The first-order valence-electron chi connectivity index (χ1n) is 9.05. The highest BCUT2D eigenvalue weighted by Crippen LogP contribution is 2.30. The second-order valence-corrected chi connectivity index (χ2v) is 8.29. The molecule has 1 fully saturated rings. The molecule has 1 heterocycles. The molecular weight excluding hydrogens is 412 g/mol. The predicted octanol–water partition coefficient (Wildman–Crippen LogP) is 1.14. The van der Waals surface area contributed by atoms with E-state index in [9.17, 15) is 13.2 Å². The maximum Gasteiger partial charge on any atom is 0.250 e. The molecule has 0 bridgehead atoms. The molecule has 1 amide bonds. The van der Waals surface area contributed by atoms with Crippen molar-refractivity contribution in [3.63, 3.8) is 0 Å². The van der Waals surface area contributed by atoms with Crippen LogP contribution in [0.5, 0.6) is 17.2 Å². The third-order valence-electron chi connectivity index (χ3n) is 4.60. The molecule has 30 heavy (non-hydrogen) atoms. The molecule has 0 aliphatic carbocycles. The summed E-state index contributed by atoms with van der Waals surface area (Å²) >= 11 is 0. The lowest BCUT2D eigenvalue weighted by molar-refractivity contribution is -0.119. The Morgan fingerprint density at radius 1 is 0.967 bits per heavy atom. The summed E-state index contributed by atoms with van der Waals surface area (Å²) in [5.41, 5.74) is 6.24. The van der Waals surface area contributed by atoms with Crippen LogP contribution in [-0.4, -0.2) is 47.6 Å². The van der Waals surface area contributed by atoms with Gasteiger partial charge in [0.25, 0.3) is 10.0 Å². The van der Waals surface area contributed by atoms with Gasteiger partial charge >= 0.3 is 0 Å². The lowest BCUT2D eigenvalue weighted by Crippen LogP contribution is -2.45. The number of sulfonamides is 1. The summed E-state index contributed by atoms with van der Waals surface area (Å²) in [7, 11) is 0.609. The Bertz CT molecular complexity index is 997.